The Hall–Kier alpha value is -2.28. The van der Waals surface area contributed by atoms with Crippen molar-refractivity contribution in [2.75, 3.05) is 7.11 Å². The highest BCUT2D eigenvalue weighted by molar-refractivity contribution is 5.60. The van der Waals surface area contributed by atoms with Gasteiger partial charge in [-0.15, -0.1) is 0 Å². The Bertz CT molecular complexity index is 537. The predicted octanol–water partition coefficient (Wildman–Crippen LogP) is 2.98. The molecule has 0 spiro atoms. The van der Waals surface area contributed by atoms with Gasteiger partial charge >= 0.3 is 0 Å². The van der Waals surface area contributed by atoms with Crippen LogP contribution in [0.25, 0.3) is 11.3 Å². The second kappa shape index (κ2) is 4.71. The molecule has 1 heterocycles. The summed E-state index contributed by atoms with van der Waals surface area (Å²) < 4.78 is 10.2. The van der Waals surface area contributed by atoms with Crippen molar-refractivity contribution in [3.63, 3.8) is 0 Å². The zero-order valence-corrected chi connectivity index (χ0v) is 9.68. The molecule has 1 aromatic heterocycles. The van der Waals surface area contributed by atoms with Gasteiger partial charge in [-0.25, -0.2) is 0 Å². The van der Waals surface area contributed by atoms with Crippen LogP contribution in [0, 0.1) is 11.3 Å². The van der Waals surface area contributed by atoms with E-state index in [1.54, 1.807) is 20.1 Å². The van der Waals surface area contributed by atoms with E-state index in [1.807, 2.05) is 24.3 Å². The first-order chi connectivity index (χ1) is 8.24. The van der Waals surface area contributed by atoms with E-state index in [0.29, 0.717) is 5.76 Å². The minimum absolute atomic E-state index is 0.283. The summed E-state index contributed by atoms with van der Waals surface area (Å²) in [5.41, 5.74) is 1.66. The van der Waals surface area contributed by atoms with Crippen LogP contribution in [0.5, 0.6) is 5.75 Å². The molecule has 4 heteroatoms. The van der Waals surface area contributed by atoms with Crippen LogP contribution in [0.15, 0.2) is 34.9 Å². The maximum absolute atomic E-state index is 8.78. The van der Waals surface area contributed by atoms with E-state index in [2.05, 4.69) is 11.2 Å². The largest absolute Gasteiger partial charge is 0.497 e. The second-order valence-corrected chi connectivity index (χ2v) is 3.69. The lowest BCUT2D eigenvalue weighted by atomic mass is 10.1. The molecule has 0 fully saturated rings. The van der Waals surface area contributed by atoms with Crippen molar-refractivity contribution in [3.8, 4) is 23.1 Å². The topological polar surface area (TPSA) is 59.0 Å². The van der Waals surface area contributed by atoms with Gasteiger partial charge in [0, 0.05) is 11.6 Å². The van der Waals surface area contributed by atoms with Gasteiger partial charge in [0.05, 0.1) is 13.2 Å². The number of nitrogens with zero attached hydrogens (tertiary/aromatic N) is 2. The van der Waals surface area contributed by atoms with Gasteiger partial charge in [0.1, 0.15) is 17.4 Å². The van der Waals surface area contributed by atoms with E-state index in [0.717, 1.165) is 17.0 Å². The molecular weight excluding hydrogens is 216 g/mol. The fourth-order valence-corrected chi connectivity index (χ4v) is 1.45. The van der Waals surface area contributed by atoms with Crippen LogP contribution in [0.3, 0.4) is 0 Å². The monoisotopic (exact) mass is 228 g/mol. The quantitative estimate of drug-likeness (QED) is 0.810. The number of ether oxygens (including phenoxy) is 1. The molecule has 0 radical (unpaired) electrons. The molecule has 0 saturated carbocycles. The Labute approximate surface area is 99.4 Å². The molecule has 1 aromatic carbocycles. The van der Waals surface area contributed by atoms with Crippen LogP contribution >= 0.6 is 0 Å². The van der Waals surface area contributed by atoms with Gasteiger partial charge in [0.15, 0.2) is 5.76 Å². The Balaban J connectivity index is 2.28. The average Bonchev–Trinajstić information content (AvgIpc) is 2.87. The van der Waals surface area contributed by atoms with Crippen LogP contribution in [0.1, 0.15) is 18.6 Å². The van der Waals surface area contributed by atoms with Crippen molar-refractivity contribution in [3.05, 3.63) is 36.1 Å². The van der Waals surface area contributed by atoms with Crippen molar-refractivity contribution in [2.45, 2.75) is 12.8 Å². The van der Waals surface area contributed by atoms with Gasteiger partial charge < -0.3 is 9.26 Å². The molecule has 0 aliphatic carbocycles. The lowest BCUT2D eigenvalue weighted by Gasteiger charge is -1.99. The van der Waals surface area contributed by atoms with E-state index < -0.39 is 0 Å². The van der Waals surface area contributed by atoms with Crippen molar-refractivity contribution < 1.29 is 9.26 Å². The summed E-state index contributed by atoms with van der Waals surface area (Å²) in [5.74, 6) is 1.09. The SMILES string of the molecule is COc1ccc(-c2cc(C(C)C#N)on2)cc1. The number of benzene rings is 1. The molecule has 4 nitrogen and oxygen atoms in total. The molecule has 2 rings (SSSR count). The molecule has 86 valence electrons. The van der Waals surface area contributed by atoms with Gasteiger partial charge in [-0.3, -0.25) is 0 Å². The van der Waals surface area contributed by atoms with Crippen LogP contribution in [0.4, 0.5) is 0 Å². The summed E-state index contributed by atoms with van der Waals surface area (Å²) in [6.07, 6.45) is 0. The number of aromatic nitrogens is 1. The van der Waals surface area contributed by atoms with Gasteiger partial charge in [-0.2, -0.15) is 5.26 Å². The molecule has 0 bridgehead atoms. The van der Waals surface area contributed by atoms with Crippen LogP contribution in [0.2, 0.25) is 0 Å². The third-order valence-corrected chi connectivity index (χ3v) is 2.53. The maximum atomic E-state index is 8.78. The minimum atomic E-state index is -0.283. The van der Waals surface area contributed by atoms with E-state index >= 15 is 0 Å². The van der Waals surface area contributed by atoms with Crippen LogP contribution in [-0.4, -0.2) is 12.3 Å². The van der Waals surface area contributed by atoms with Crippen molar-refractivity contribution in [2.24, 2.45) is 0 Å². The number of methoxy groups -OCH3 is 1. The standard InChI is InChI=1S/C13H12N2O2/c1-9(8-14)13-7-12(15-17-13)10-3-5-11(16-2)6-4-10/h3-7,9H,1-2H3. The lowest BCUT2D eigenvalue weighted by Crippen LogP contribution is -1.84. The van der Waals surface area contributed by atoms with E-state index in [9.17, 15) is 0 Å². The Morgan fingerprint density at radius 1 is 1.35 bits per heavy atom. The Kier molecular flexibility index (Phi) is 3.10. The smallest absolute Gasteiger partial charge is 0.154 e. The van der Waals surface area contributed by atoms with Crippen molar-refractivity contribution in [1.82, 2.24) is 5.16 Å². The van der Waals surface area contributed by atoms with Crippen LogP contribution in [-0.2, 0) is 0 Å². The molecule has 1 atom stereocenters. The van der Waals surface area contributed by atoms with Gasteiger partial charge in [0.2, 0.25) is 0 Å². The highest BCUT2D eigenvalue weighted by Gasteiger charge is 2.12. The molecule has 0 N–H and O–H groups in total. The third-order valence-electron chi connectivity index (χ3n) is 2.53. The molecule has 0 saturated heterocycles. The van der Waals surface area contributed by atoms with E-state index in [4.69, 9.17) is 14.5 Å². The molecule has 2 aromatic rings. The number of nitriles is 1. The average molecular weight is 228 g/mol. The summed E-state index contributed by atoms with van der Waals surface area (Å²) in [6, 6.07) is 11.4. The summed E-state index contributed by atoms with van der Waals surface area (Å²) in [5, 5.41) is 12.7. The fraction of sp³-hybridized carbons (Fsp3) is 0.231. The number of hydrogen-bond donors (Lipinski definition) is 0. The minimum Gasteiger partial charge on any atom is -0.497 e. The zero-order valence-electron chi connectivity index (χ0n) is 9.68. The zero-order chi connectivity index (χ0) is 12.3. The van der Waals surface area contributed by atoms with Crippen LogP contribution < -0.4 is 4.74 Å². The molecule has 17 heavy (non-hydrogen) atoms. The first kappa shape index (κ1) is 11.2. The number of hydrogen-bond acceptors (Lipinski definition) is 4. The highest BCUT2D eigenvalue weighted by Crippen LogP contribution is 2.24. The predicted molar refractivity (Wildman–Crippen MR) is 62.5 cm³/mol. The molecule has 0 amide bonds. The Morgan fingerprint density at radius 3 is 2.65 bits per heavy atom. The second-order valence-electron chi connectivity index (χ2n) is 3.69. The highest BCUT2D eigenvalue weighted by atomic mass is 16.5. The summed E-state index contributed by atoms with van der Waals surface area (Å²) in [4.78, 5) is 0. The van der Waals surface area contributed by atoms with E-state index in [1.165, 1.54) is 0 Å². The molecular formula is C13H12N2O2. The molecule has 1 unspecified atom stereocenters. The number of rotatable bonds is 3. The summed E-state index contributed by atoms with van der Waals surface area (Å²) in [6.45, 7) is 1.78. The molecule has 0 aliphatic heterocycles. The summed E-state index contributed by atoms with van der Waals surface area (Å²) in [7, 11) is 1.62. The first-order valence-electron chi connectivity index (χ1n) is 5.25. The van der Waals surface area contributed by atoms with Crippen molar-refractivity contribution in [1.29, 1.82) is 5.26 Å². The maximum Gasteiger partial charge on any atom is 0.154 e. The fourth-order valence-electron chi connectivity index (χ4n) is 1.45. The molecule has 0 aliphatic rings. The van der Waals surface area contributed by atoms with Crippen molar-refractivity contribution >= 4 is 0 Å². The Morgan fingerprint density at radius 2 is 2.06 bits per heavy atom. The summed E-state index contributed by atoms with van der Waals surface area (Å²) >= 11 is 0. The van der Waals surface area contributed by atoms with Gasteiger partial charge in [-0.1, -0.05) is 5.16 Å². The normalized spacial score (nSPS) is 11.8. The van der Waals surface area contributed by atoms with Gasteiger partial charge in [-0.05, 0) is 31.2 Å². The lowest BCUT2D eigenvalue weighted by molar-refractivity contribution is 0.381. The van der Waals surface area contributed by atoms with E-state index in [-0.39, 0.29) is 5.92 Å². The third kappa shape index (κ3) is 2.28. The first-order valence-corrected chi connectivity index (χ1v) is 5.25. The van der Waals surface area contributed by atoms with Gasteiger partial charge in [0.25, 0.3) is 0 Å².